The Hall–Kier alpha value is -2.13. The molecule has 0 aliphatic carbocycles. The maximum Gasteiger partial charge on any atom is 0.196 e. The molecule has 0 bridgehead atoms. The first kappa shape index (κ1) is 19.2. The maximum absolute atomic E-state index is 13.1. The lowest BCUT2D eigenvalue weighted by atomic mass is 9.71. The van der Waals surface area contributed by atoms with E-state index < -0.39 is 6.10 Å². The molecule has 0 aliphatic rings. The van der Waals surface area contributed by atoms with E-state index in [-0.39, 0.29) is 22.4 Å². The van der Waals surface area contributed by atoms with Crippen molar-refractivity contribution < 1.29 is 15.0 Å². The molecule has 3 nitrogen and oxygen atoms in total. The molecular weight excluding hydrogens is 312 g/mol. The molecule has 134 valence electrons. The van der Waals surface area contributed by atoms with Gasteiger partial charge < -0.3 is 10.2 Å². The third-order valence-electron chi connectivity index (χ3n) is 4.31. The molecule has 3 heteroatoms. The summed E-state index contributed by atoms with van der Waals surface area (Å²) in [6, 6.07) is 12.1. The number of aliphatic hydroxyl groups is 1. The predicted octanol–water partition coefficient (Wildman–Crippen LogP) is 4.90. The Balaban J connectivity index is 2.68. The lowest BCUT2D eigenvalue weighted by Crippen LogP contribution is -2.27. The Morgan fingerprint density at radius 2 is 1.36 bits per heavy atom. The summed E-state index contributed by atoms with van der Waals surface area (Å²) in [4.78, 5) is 13.1. The number of hydrogen-bond donors (Lipinski definition) is 2. The zero-order chi connectivity index (χ0) is 19.0. The molecule has 0 spiro atoms. The Kier molecular flexibility index (Phi) is 5.10. The normalized spacial score (nSPS) is 13.6. The van der Waals surface area contributed by atoms with Crippen LogP contribution < -0.4 is 0 Å². The average Bonchev–Trinajstić information content (AvgIpc) is 2.52. The van der Waals surface area contributed by atoms with E-state index >= 15 is 0 Å². The molecule has 0 fully saturated rings. The number of aromatic hydroxyl groups is 1. The van der Waals surface area contributed by atoms with Crippen molar-refractivity contribution in [1.82, 2.24) is 0 Å². The van der Waals surface area contributed by atoms with Crippen LogP contribution in [0.3, 0.4) is 0 Å². The maximum atomic E-state index is 13.1. The van der Waals surface area contributed by atoms with Gasteiger partial charge >= 0.3 is 0 Å². The molecule has 2 rings (SSSR count). The summed E-state index contributed by atoms with van der Waals surface area (Å²) in [6.07, 6.45) is -1.22. The summed E-state index contributed by atoms with van der Waals surface area (Å²) in [5.41, 5.74) is 1.89. The van der Waals surface area contributed by atoms with Gasteiger partial charge in [0.15, 0.2) is 5.78 Å². The standard InChI is InChI=1S/C22H28O3/c1-21(2,3)17-15(12-13-16(23)18(17)22(4,5)6)20(25)19(24)14-10-8-7-9-11-14/h7-13,19,23-24H,1-6H3. The van der Waals surface area contributed by atoms with Crippen LogP contribution in [0.15, 0.2) is 42.5 Å². The van der Waals surface area contributed by atoms with Crippen molar-refractivity contribution in [2.45, 2.75) is 58.5 Å². The molecule has 0 saturated heterocycles. The molecule has 0 amide bonds. The summed E-state index contributed by atoms with van der Waals surface area (Å²) < 4.78 is 0. The summed E-state index contributed by atoms with van der Waals surface area (Å²) in [5.74, 6) is -0.162. The van der Waals surface area contributed by atoms with Crippen molar-refractivity contribution in [3.8, 4) is 5.75 Å². The van der Waals surface area contributed by atoms with E-state index in [0.717, 1.165) is 11.1 Å². The summed E-state index contributed by atoms with van der Waals surface area (Å²) in [7, 11) is 0. The lowest BCUT2D eigenvalue weighted by Gasteiger charge is -2.33. The fourth-order valence-electron chi connectivity index (χ4n) is 3.27. The molecule has 25 heavy (non-hydrogen) atoms. The van der Waals surface area contributed by atoms with E-state index in [4.69, 9.17) is 0 Å². The molecule has 1 unspecified atom stereocenters. The van der Waals surface area contributed by atoms with Crippen molar-refractivity contribution in [2.24, 2.45) is 0 Å². The van der Waals surface area contributed by atoms with Crippen LogP contribution in [0.4, 0.5) is 0 Å². The number of carbonyl (C=O) groups is 1. The van der Waals surface area contributed by atoms with E-state index in [1.165, 1.54) is 0 Å². The van der Waals surface area contributed by atoms with E-state index in [1.807, 2.05) is 47.6 Å². The minimum absolute atomic E-state index is 0.183. The number of benzene rings is 2. The van der Waals surface area contributed by atoms with Gasteiger partial charge in [-0.2, -0.15) is 0 Å². The number of ketones is 1. The highest BCUT2D eigenvalue weighted by Crippen LogP contribution is 2.42. The molecule has 2 aromatic carbocycles. The zero-order valence-electron chi connectivity index (χ0n) is 15.9. The largest absolute Gasteiger partial charge is 0.508 e. The van der Waals surface area contributed by atoms with Gasteiger partial charge in [-0.05, 0) is 34.1 Å². The van der Waals surface area contributed by atoms with Crippen molar-refractivity contribution in [3.63, 3.8) is 0 Å². The van der Waals surface area contributed by atoms with Crippen molar-refractivity contribution in [3.05, 3.63) is 64.7 Å². The van der Waals surface area contributed by atoms with Gasteiger partial charge in [0.05, 0.1) is 0 Å². The van der Waals surface area contributed by atoms with E-state index in [0.29, 0.717) is 11.1 Å². The van der Waals surface area contributed by atoms with E-state index in [9.17, 15) is 15.0 Å². The zero-order valence-corrected chi connectivity index (χ0v) is 15.9. The number of Topliss-reactive ketones (excluding diaryl/α,β-unsaturated/α-hetero) is 1. The SMILES string of the molecule is CC(C)(C)c1c(O)ccc(C(=O)C(O)c2ccccc2)c1C(C)(C)C. The van der Waals surface area contributed by atoms with Gasteiger partial charge in [0.2, 0.25) is 0 Å². The van der Waals surface area contributed by atoms with Gasteiger partial charge in [-0.1, -0.05) is 71.9 Å². The van der Waals surface area contributed by atoms with Crippen molar-refractivity contribution in [1.29, 1.82) is 0 Å². The summed E-state index contributed by atoms with van der Waals surface area (Å²) in [5, 5.41) is 21.1. The van der Waals surface area contributed by atoms with Crippen molar-refractivity contribution in [2.75, 3.05) is 0 Å². The number of rotatable bonds is 3. The van der Waals surface area contributed by atoms with Crippen LogP contribution in [-0.4, -0.2) is 16.0 Å². The number of carbonyl (C=O) groups excluding carboxylic acids is 1. The van der Waals surface area contributed by atoms with Crippen LogP contribution in [0, 0.1) is 0 Å². The first-order chi connectivity index (χ1) is 11.4. The highest BCUT2D eigenvalue weighted by molar-refractivity contribution is 6.02. The molecule has 0 radical (unpaired) electrons. The Labute approximate surface area is 150 Å². The molecule has 2 N–H and O–H groups in total. The number of aliphatic hydroxyl groups excluding tert-OH is 1. The van der Waals surface area contributed by atoms with E-state index in [1.54, 1.807) is 36.4 Å². The first-order valence-corrected chi connectivity index (χ1v) is 8.58. The third kappa shape index (κ3) is 3.93. The smallest absolute Gasteiger partial charge is 0.196 e. The lowest BCUT2D eigenvalue weighted by molar-refractivity contribution is 0.0745. The first-order valence-electron chi connectivity index (χ1n) is 8.58. The monoisotopic (exact) mass is 340 g/mol. The van der Waals surface area contributed by atoms with Crippen LogP contribution >= 0.6 is 0 Å². The summed E-state index contributed by atoms with van der Waals surface area (Å²) >= 11 is 0. The molecule has 0 saturated carbocycles. The van der Waals surface area contributed by atoms with Gasteiger partial charge in [-0.3, -0.25) is 4.79 Å². The Bertz CT molecular complexity index is 762. The molecule has 0 heterocycles. The topological polar surface area (TPSA) is 57.5 Å². The molecular formula is C22H28O3. The Morgan fingerprint density at radius 1 is 0.840 bits per heavy atom. The van der Waals surface area contributed by atoms with Gasteiger partial charge in [0.25, 0.3) is 0 Å². The number of phenolic OH excluding ortho intramolecular Hbond substituents is 1. The minimum Gasteiger partial charge on any atom is -0.508 e. The van der Waals surface area contributed by atoms with Crippen LogP contribution in [0.25, 0.3) is 0 Å². The molecule has 0 aromatic heterocycles. The van der Waals surface area contributed by atoms with E-state index in [2.05, 4.69) is 0 Å². The van der Waals surface area contributed by atoms with Crippen LogP contribution in [0.5, 0.6) is 5.75 Å². The molecule has 1 atom stereocenters. The van der Waals surface area contributed by atoms with Gasteiger partial charge in [-0.25, -0.2) is 0 Å². The molecule has 0 aliphatic heterocycles. The highest BCUT2D eigenvalue weighted by atomic mass is 16.3. The fourth-order valence-corrected chi connectivity index (χ4v) is 3.27. The van der Waals surface area contributed by atoms with Crippen LogP contribution in [0.2, 0.25) is 0 Å². The highest BCUT2D eigenvalue weighted by Gasteiger charge is 2.34. The molecule has 2 aromatic rings. The second-order valence-corrected chi connectivity index (χ2v) is 8.56. The average molecular weight is 340 g/mol. The third-order valence-corrected chi connectivity index (χ3v) is 4.31. The summed E-state index contributed by atoms with van der Waals surface area (Å²) in [6.45, 7) is 12.1. The van der Waals surface area contributed by atoms with Crippen LogP contribution in [0.1, 0.15) is 74.7 Å². The predicted molar refractivity (Wildman–Crippen MR) is 101 cm³/mol. The number of hydrogen-bond acceptors (Lipinski definition) is 3. The second kappa shape index (κ2) is 6.64. The van der Waals surface area contributed by atoms with Crippen LogP contribution in [-0.2, 0) is 10.8 Å². The quantitative estimate of drug-likeness (QED) is 0.781. The van der Waals surface area contributed by atoms with Gasteiger partial charge in [-0.15, -0.1) is 0 Å². The van der Waals surface area contributed by atoms with Gasteiger partial charge in [0, 0.05) is 11.1 Å². The number of phenols is 1. The van der Waals surface area contributed by atoms with Gasteiger partial charge in [0.1, 0.15) is 11.9 Å². The Morgan fingerprint density at radius 3 is 1.84 bits per heavy atom. The minimum atomic E-state index is -1.22. The van der Waals surface area contributed by atoms with Crippen molar-refractivity contribution >= 4 is 5.78 Å². The fraction of sp³-hybridized carbons (Fsp3) is 0.409. The second-order valence-electron chi connectivity index (χ2n) is 8.56.